The van der Waals surface area contributed by atoms with E-state index in [0.29, 0.717) is 0 Å². The van der Waals surface area contributed by atoms with Gasteiger partial charge in [0.25, 0.3) is 5.24 Å². The topological polar surface area (TPSA) is 51.2 Å². The first-order valence-electron chi connectivity index (χ1n) is 5.54. The molecule has 0 amide bonds. The zero-order valence-corrected chi connectivity index (χ0v) is 13.0. The second-order valence-electron chi connectivity index (χ2n) is 5.49. The smallest absolute Gasteiger partial charge is 0.252 e. The predicted octanol–water partition coefficient (Wildman–Crippen LogP) is 3.57. The molecule has 0 aromatic carbocycles. The van der Waals surface area contributed by atoms with Crippen LogP contribution in [0, 0.1) is 10.8 Å². The summed E-state index contributed by atoms with van der Waals surface area (Å²) in [5.74, 6) is 0. The van der Waals surface area contributed by atoms with Crippen molar-refractivity contribution in [1.29, 1.82) is 0 Å². The Labute approximate surface area is 126 Å². The van der Waals surface area contributed by atoms with Gasteiger partial charge in [0.15, 0.2) is 0 Å². The quantitative estimate of drug-likeness (QED) is 0.746. The molecule has 1 unspecified atom stereocenters. The molecule has 1 aliphatic rings. The Morgan fingerprint density at radius 2 is 1.63 bits per heavy atom. The molecule has 0 saturated carbocycles. The van der Waals surface area contributed by atoms with E-state index in [0.717, 1.165) is 0 Å². The molecule has 1 atom stereocenters. The van der Waals surface area contributed by atoms with Crippen molar-refractivity contribution in [2.75, 3.05) is 0 Å². The van der Waals surface area contributed by atoms with Crippen LogP contribution in [0.5, 0.6) is 0 Å². The third-order valence-corrected chi connectivity index (χ3v) is 4.17. The Morgan fingerprint density at radius 1 is 1.11 bits per heavy atom. The average molecular weight is 324 g/mol. The molecule has 104 valence electrons. The highest BCUT2D eigenvalue weighted by Crippen LogP contribution is 2.50. The minimum atomic E-state index is -1.19. The van der Waals surface area contributed by atoms with Crippen molar-refractivity contribution in [1.82, 2.24) is 0 Å². The van der Waals surface area contributed by atoms with Gasteiger partial charge in [-0.2, -0.15) is 0 Å². The summed E-state index contributed by atoms with van der Waals surface area (Å²) in [5.41, 5.74) is -1.59. The van der Waals surface area contributed by atoms with E-state index in [4.69, 9.17) is 34.8 Å². The number of halogens is 3. The Bertz CT molecular complexity index is 512. The first-order valence-corrected chi connectivity index (χ1v) is 6.68. The Morgan fingerprint density at radius 3 is 1.95 bits per heavy atom. The van der Waals surface area contributed by atoms with E-state index in [1.807, 2.05) is 0 Å². The minimum Gasteiger partial charge on any atom is -0.280 e. The van der Waals surface area contributed by atoms with Crippen molar-refractivity contribution in [3.05, 3.63) is 23.3 Å². The first kappa shape index (κ1) is 16.4. The van der Waals surface area contributed by atoms with E-state index < -0.39 is 26.6 Å². The van der Waals surface area contributed by atoms with Crippen LogP contribution in [0.1, 0.15) is 27.2 Å². The van der Waals surface area contributed by atoms with Crippen molar-refractivity contribution in [3.8, 4) is 0 Å². The lowest BCUT2D eigenvalue weighted by molar-refractivity contribution is -0.123. The molecule has 0 spiro atoms. The van der Waals surface area contributed by atoms with Gasteiger partial charge in [-0.3, -0.25) is 14.4 Å². The van der Waals surface area contributed by atoms with Gasteiger partial charge in [-0.15, -0.1) is 0 Å². The van der Waals surface area contributed by atoms with E-state index in [2.05, 4.69) is 0 Å². The van der Waals surface area contributed by atoms with Crippen molar-refractivity contribution in [2.45, 2.75) is 27.2 Å². The molecule has 0 bridgehead atoms. The van der Waals surface area contributed by atoms with Crippen LogP contribution in [0.2, 0.25) is 0 Å². The number of hydrogen-bond donors (Lipinski definition) is 0. The molecule has 0 heterocycles. The third kappa shape index (κ3) is 3.10. The summed E-state index contributed by atoms with van der Waals surface area (Å²) in [5, 5.41) is -2.14. The van der Waals surface area contributed by atoms with Crippen LogP contribution in [0.25, 0.3) is 0 Å². The lowest BCUT2D eigenvalue weighted by atomic mass is 9.62. The molecule has 0 N–H and O–H groups in total. The molecule has 1 aliphatic carbocycles. The summed E-state index contributed by atoms with van der Waals surface area (Å²) in [6.45, 7) is 5.38. The Kier molecular flexibility index (Phi) is 4.66. The van der Waals surface area contributed by atoms with Crippen LogP contribution in [-0.4, -0.2) is 15.7 Å². The highest BCUT2D eigenvalue weighted by atomic mass is 35.5. The fourth-order valence-corrected chi connectivity index (χ4v) is 2.68. The molecule has 0 aromatic heterocycles. The first-order chi connectivity index (χ1) is 8.51. The van der Waals surface area contributed by atoms with E-state index in [1.165, 1.54) is 12.2 Å². The maximum Gasteiger partial charge on any atom is 0.252 e. The van der Waals surface area contributed by atoms with Gasteiger partial charge in [0.1, 0.15) is 0 Å². The fraction of sp³-hybridized carbons (Fsp3) is 0.462. The Balaban J connectivity index is 3.52. The van der Waals surface area contributed by atoms with Crippen LogP contribution in [-0.2, 0) is 14.4 Å². The zero-order chi connectivity index (χ0) is 15.0. The molecular weight excluding hydrogens is 310 g/mol. The average Bonchev–Trinajstić information content (AvgIpc) is 2.26. The molecular formula is C13H13Cl3O3. The van der Waals surface area contributed by atoms with Crippen molar-refractivity contribution in [2.24, 2.45) is 10.8 Å². The van der Waals surface area contributed by atoms with E-state index in [-0.39, 0.29) is 17.6 Å². The number of rotatable bonds is 3. The monoisotopic (exact) mass is 322 g/mol. The van der Waals surface area contributed by atoms with Crippen LogP contribution in [0.3, 0.4) is 0 Å². The lowest BCUT2D eigenvalue weighted by Gasteiger charge is -2.41. The van der Waals surface area contributed by atoms with Crippen LogP contribution >= 0.6 is 34.8 Å². The number of hydrogen-bond acceptors (Lipinski definition) is 3. The van der Waals surface area contributed by atoms with E-state index in [9.17, 15) is 14.4 Å². The van der Waals surface area contributed by atoms with Gasteiger partial charge in [0.05, 0.1) is 5.41 Å². The summed E-state index contributed by atoms with van der Waals surface area (Å²) in [6, 6.07) is 0. The van der Waals surface area contributed by atoms with Gasteiger partial charge in [-0.25, -0.2) is 0 Å². The number of carbonyl (C=O) groups excluding carboxylic acids is 3. The lowest BCUT2D eigenvalue weighted by Crippen LogP contribution is -2.42. The van der Waals surface area contributed by atoms with Gasteiger partial charge in [0, 0.05) is 11.1 Å². The summed E-state index contributed by atoms with van der Waals surface area (Å²) < 4.78 is 0. The molecule has 6 heteroatoms. The minimum absolute atomic E-state index is 0.0504. The highest BCUT2D eigenvalue weighted by molar-refractivity contribution is 6.70. The summed E-state index contributed by atoms with van der Waals surface area (Å²) >= 11 is 16.6. The van der Waals surface area contributed by atoms with Gasteiger partial charge >= 0.3 is 0 Å². The third-order valence-electron chi connectivity index (χ3n) is 3.37. The number of carbonyl (C=O) groups is 3. The van der Waals surface area contributed by atoms with Gasteiger partial charge < -0.3 is 0 Å². The predicted molar refractivity (Wildman–Crippen MR) is 75.3 cm³/mol. The molecule has 1 rings (SSSR count). The van der Waals surface area contributed by atoms with Crippen LogP contribution in [0.15, 0.2) is 23.3 Å². The summed E-state index contributed by atoms with van der Waals surface area (Å²) in [4.78, 5) is 34.6. The molecule has 0 saturated heterocycles. The molecule has 19 heavy (non-hydrogen) atoms. The van der Waals surface area contributed by atoms with Crippen molar-refractivity contribution >= 4 is 50.5 Å². The molecule has 0 aromatic rings. The van der Waals surface area contributed by atoms with Crippen LogP contribution < -0.4 is 0 Å². The van der Waals surface area contributed by atoms with Crippen molar-refractivity contribution < 1.29 is 14.4 Å². The zero-order valence-electron chi connectivity index (χ0n) is 10.7. The van der Waals surface area contributed by atoms with Gasteiger partial charge in [-0.1, -0.05) is 26.8 Å². The summed E-state index contributed by atoms with van der Waals surface area (Å²) in [6.07, 6.45) is 2.78. The largest absolute Gasteiger partial charge is 0.280 e. The fourth-order valence-electron chi connectivity index (χ4n) is 2.04. The van der Waals surface area contributed by atoms with Crippen molar-refractivity contribution in [3.63, 3.8) is 0 Å². The molecule has 0 fully saturated rings. The number of allylic oxidation sites excluding steroid dienone is 4. The maximum atomic E-state index is 11.9. The Hall–Kier alpha value is -0.640. The molecule has 3 nitrogen and oxygen atoms in total. The highest BCUT2D eigenvalue weighted by Gasteiger charge is 2.49. The molecule has 0 aliphatic heterocycles. The van der Waals surface area contributed by atoms with Gasteiger partial charge in [0.2, 0.25) is 10.5 Å². The maximum absolute atomic E-state index is 11.9. The van der Waals surface area contributed by atoms with E-state index in [1.54, 1.807) is 20.8 Å². The second-order valence-corrected chi connectivity index (χ2v) is 6.52. The normalized spacial score (nSPS) is 23.5. The van der Waals surface area contributed by atoms with Crippen LogP contribution in [0.4, 0.5) is 0 Å². The summed E-state index contributed by atoms with van der Waals surface area (Å²) in [7, 11) is 0. The SMILES string of the molecule is CC(C)(C)C1(C(=O)Cl)C=C(C(=O)Cl)C=C(C(=O)Cl)C1. The molecule has 0 radical (unpaired) electrons. The van der Waals surface area contributed by atoms with E-state index >= 15 is 0 Å². The van der Waals surface area contributed by atoms with Gasteiger partial charge in [-0.05, 0) is 52.7 Å². The second kappa shape index (κ2) is 5.39. The standard InChI is InChI=1S/C13H13Cl3O3/c1-12(2,3)13(11(16)19)5-7(9(14)17)4-8(6-13)10(15)18/h4-5H,6H2,1-3H3.